The molecule has 2 rings (SSSR count). The van der Waals surface area contributed by atoms with Crippen LogP contribution in [0.4, 0.5) is 0 Å². The van der Waals surface area contributed by atoms with Gasteiger partial charge >= 0.3 is 5.97 Å². The first kappa shape index (κ1) is 19.9. The fraction of sp³-hybridized carbons (Fsp3) is 0.176. The highest BCUT2D eigenvalue weighted by molar-refractivity contribution is 7.89. The molecule has 0 fully saturated rings. The molecule has 2 atom stereocenters. The average Bonchev–Trinajstić information content (AvgIpc) is 2.59. The minimum absolute atomic E-state index is 0.0592. The molecule has 2 aromatic carbocycles. The van der Waals surface area contributed by atoms with Crippen LogP contribution in [0.25, 0.3) is 0 Å². The Morgan fingerprint density at radius 3 is 2.19 bits per heavy atom. The summed E-state index contributed by atoms with van der Waals surface area (Å²) in [5, 5.41) is 0.378. The van der Waals surface area contributed by atoms with E-state index in [9.17, 15) is 18.0 Å². The van der Waals surface area contributed by atoms with Crippen molar-refractivity contribution in [3.05, 3.63) is 65.2 Å². The summed E-state index contributed by atoms with van der Waals surface area (Å²) in [4.78, 5) is 23.7. The van der Waals surface area contributed by atoms with Gasteiger partial charge in [-0.2, -0.15) is 4.72 Å². The average molecular weight is 397 g/mol. The molecule has 2 aromatic rings. The molecule has 7 nitrogen and oxygen atoms in total. The molecular weight excluding hydrogens is 380 g/mol. The molecule has 0 saturated heterocycles. The van der Waals surface area contributed by atoms with Gasteiger partial charge in [-0.3, -0.25) is 9.59 Å². The third kappa shape index (κ3) is 5.04. The van der Waals surface area contributed by atoms with Crippen LogP contribution in [0.5, 0.6) is 0 Å². The van der Waals surface area contributed by atoms with Gasteiger partial charge in [0.05, 0.1) is 4.90 Å². The van der Waals surface area contributed by atoms with Crippen LogP contribution in [0, 0.1) is 0 Å². The maximum absolute atomic E-state index is 12.3. The summed E-state index contributed by atoms with van der Waals surface area (Å²) in [6.45, 7) is 1.30. The van der Waals surface area contributed by atoms with Gasteiger partial charge in [0, 0.05) is 10.6 Å². The van der Waals surface area contributed by atoms with E-state index in [0.29, 0.717) is 10.6 Å². The molecule has 9 heteroatoms. The molecule has 3 N–H and O–H groups in total. The highest BCUT2D eigenvalue weighted by atomic mass is 35.5. The third-order valence-corrected chi connectivity index (χ3v) is 5.21. The maximum atomic E-state index is 12.3. The third-order valence-electron chi connectivity index (χ3n) is 3.40. The molecule has 0 aliphatic carbocycles. The number of carbonyl (C=O) groups excluding carboxylic acids is 2. The van der Waals surface area contributed by atoms with E-state index in [1.165, 1.54) is 31.2 Å². The monoisotopic (exact) mass is 396 g/mol. The molecule has 1 unspecified atom stereocenters. The lowest BCUT2D eigenvalue weighted by Crippen LogP contribution is -2.41. The predicted octanol–water partition coefficient (Wildman–Crippen LogP) is 1.78. The van der Waals surface area contributed by atoms with Crippen molar-refractivity contribution in [2.24, 2.45) is 5.73 Å². The molecule has 0 heterocycles. The number of nitrogens with one attached hydrogen (secondary N) is 1. The number of amides is 1. The van der Waals surface area contributed by atoms with Gasteiger partial charge in [-0.15, -0.1) is 0 Å². The molecule has 0 aromatic heterocycles. The molecule has 0 aliphatic rings. The SMILES string of the molecule is C[C@H](NS(=O)(=O)c1ccc(Cl)cc1)C(=O)OC(C(N)=O)c1ccccc1. The Morgan fingerprint density at radius 1 is 1.08 bits per heavy atom. The zero-order valence-electron chi connectivity index (χ0n) is 13.8. The van der Waals surface area contributed by atoms with Crippen molar-refractivity contribution in [1.29, 1.82) is 0 Å². The molecular formula is C17H17ClN2O5S. The van der Waals surface area contributed by atoms with Crippen LogP contribution in [-0.2, 0) is 24.3 Å². The number of hydrogen-bond acceptors (Lipinski definition) is 5. The number of primary amides is 1. The van der Waals surface area contributed by atoms with E-state index in [-0.39, 0.29) is 4.90 Å². The second-order valence-electron chi connectivity index (χ2n) is 5.43. The Morgan fingerprint density at radius 2 is 1.65 bits per heavy atom. The van der Waals surface area contributed by atoms with Crippen LogP contribution in [-0.4, -0.2) is 26.3 Å². The second-order valence-corrected chi connectivity index (χ2v) is 7.58. The fourth-order valence-electron chi connectivity index (χ4n) is 2.10. The number of hydrogen-bond donors (Lipinski definition) is 2. The largest absolute Gasteiger partial charge is 0.446 e. The van der Waals surface area contributed by atoms with Gasteiger partial charge in [-0.1, -0.05) is 41.9 Å². The summed E-state index contributed by atoms with van der Waals surface area (Å²) in [7, 11) is -3.97. The summed E-state index contributed by atoms with van der Waals surface area (Å²) in [5.41, 5.74) is 5.67. The minimum atomic E-state index is -3.97. The van der Waals surface area contributed by atoms with Gasteiger partial charge in [0.25, 0.3) is 5.91 Å². The molecule has 138 valence electrons. The number of sulfonamides is 1. The van der Waals surface area contributed by atoms with Crippen molar-refractivity contribution < 1.29 is 22.7 Å². The number of benzene rings is 2. The van der Waals surface area contributed by atoms with E-state index in [1.807, 2.05) is 0 Å². The van der Waals surface area contributed by atoms with Crippen LogP contribution >= 0.6 is 11.6 Å². The van der Waals surface area contributed by atoms with E-state index >= 15 is 0 Å². The number of ether oxygens (including phenoxy) is 1. The van der Waals surface area contributed by atoms with Crippen molar-refractivity contribution in [1.82, 2.24) is 4.72 Å². The van der Waals surface area contributed by atoms with Crippen LogP contribution in [0.2, 0.25) is 5.02 Å². The van der Waals surface area contributed by atoms with E-state index < -0.39 is 34.0 Å². The topological polar surface area (TPSA) is 116 Å². The molecule has 0 saturated carbocycles. The van der Waals surface area contributed by atoms with Crippen LogP contribution in [0.1, 0.15) is 18.6 Å². The molecule has 1 amide bonds. The fourth-order valence-corrected chi connectivity index (χ4v) is 3.42. The summed E-state index contributed by atoms with van der Waals surface area (Å²) in [5.74, 6) is -1.80. The van der Waals surface area contributed by atoms with Crippen molar-refractivity contribution >= 4 is 33.5 Å². The molecule has 0 radical (unpaired) electrons. The Hall–Kier alpha value is -2.42. The highest BCUT2D eigenvalue weighted by Crippen LogP contribution is 2.18. The Kier molecular flexibility index (Phi) is 6.36. The lowest BCUT2D eigenvalue weighted by atomic mass is 10.1. The minimum Gasteiger partial charge on any atom is -0.446 e. The number of carbonyl (C=O) groups is 2. The summed E-state index contributed by atoms with van der Waals surface area (Å²) < 4.78 is 31.9. The second kappa shape index (κ2) is 8.31. The van der Waals surface area contributed by atoms with Gasteiger partial charge in [-0.25, -0.2) is 8.42 Å². The molecule has 0 spiro atoms. The summed E-state index contributed by atoms with van der Waals surface area (Å²) in [6, 6.07) is 12.4. The lowest BCUT2D eigenvalue weighted by molar-refractivity contribution is -0.156. The smallest absolute Gasteiger partial charge is 0.325 e. The zero-order valence-corrected chi connectivity index (χ0v) is 15.3. The Bertz CT molecular complexity index is 885. The maximum Gasteiger partial charge on any atom is 0.325 e. The predicted molar refractivity (Wildman–Crippen MR) is 95.7 cm³/mol. The van der Waals surface area contributed by atoms with Crippen molar-refractivity contribution in [3.8, 4) is 0 Å². The zero-order chi connectivity index (χ0) is 19.3. The van der Waals surface area contributed by atoms with Gasteiger partial charge in [0.1, 0.15) is 6.04 Å². The number of halogens is 1. The quantitative estimate of drug-likeness (QED) is 0.692. The number of rotatable bonds is 7. The van der Waals surface area contributed by atoms with E-state index in [0.717, 1.165) is 0 Å². The van der Waals surface area contributed by atoms with Gasteiger partial charge in [0.2, 0.25) is 16.1 Å². The summed E-state index contributed by atoms with van der Waals surface area (Å²) >= 11 is 5.73. The first-order valence-electron chi connectivity index (χ1n) is 7.53. The standard InChI is InChI=1S/C17H17ClN2O5S/c1-11(20-26(23,24)14-9-7-13(18)8-10-14)17(22)25-15(16(19)21)12-5-3-2-4-6-12/h2-11,15,20H,1H3,(H2,19,21)/t11-,15?/m0/s1. The first-order chi connectivity index (χ1) is 12.2. The molecule has 0 bridgehead atoms. The normalized spacial score (nSPS) is 13.6. The van der Waals surface area contributed by atoms with Crippen molar-refractivity contribution in [2.75, 3.05) is 0 Å². The van der Waals surface area contributed by atoms with Gasteiger partial charge in [0.15, 0.2) is 0 Å². The van der Waals surface area contributed by atoms with Crippen LogP contribution < -0.4 is 10.5 Å². The van der Waals surface area contributed by atoms with Crippen LogP contribution in [0.15, 0.2) is 59.5 Å². The van der Waals surface area contributed by atoms with E-state index in [4.69, 9.17) is 22.1 Å². The number of esters is 1. The lowest BCUT2D eigenvalue weighted by Gasteiger charge is -2.19. The van der Waals surface area contributed by atoms with Crippen molar-refractivity contribution in [2.45, 2.75) is 24.0 Å². The van der Waals surface area contributed by atoms with E-state index in [2.05, 4.69) is 4.72 Å². The van der Waals surface area contributed by atoms with Gasteiger partial charge in [-0.05, 0) is 31.2 Å². The van der Waals surface area contributed by atoms with E-state index in [1.54, 1.807) is 30.3 Å². The van der Waals surface area contributed by atoms with Crippen molar-refractivity contribution in [3.63, 3.8) is 0 Å². The summed E-state index contributed by atoms with van der Waals surface area (Å²) in [6.07, 6.45) is -1.31. The Balaban J connectivity index is 2.11. The Labute approximate surface area is 156 Å². The molecule has 0 aliphatic heterocycles. The van der Waals surface area contributed by atoms with Crippen LogP contribution in [0.3, 0.4) is 0 Å². The number of nitrogens with two attached hydrogens (primary N) is 1. The first-order valence-corrected chi connectivity index (χ1v) is 9.39. The van der Waals surface area contributed by atoms with Gasteiger partial charge < -0.3 is 10.5 Å². The molecule has 26 heavy (non-hydrogen) atoms. The highest BCUT2D eigenvalue weighted by Gasteiger charge is 2.28.